The van der Waals surface area contributed by atoms with Crippen molar-refractivity contribution in [1.29, 1.82) is 0 Å². The molecular weight excluding hydrogens is 140 g/mol. The fourth-order valence-corrected chi connectivity index (χ4v) is 2.36. The molecule has 10 heavy (non-hydrogen) atoms. The Hall–Kier alpha value is 0.350. The van der Waals surface area contributed by atoms with E-state index in [1.807, 2.05) is 0 Å². The molecule has 1 aliphatic rings. The molecule has 1 heteroatoms. The van der Waals surface area contributed by atoms with Gasteiger partial charge in [0.05, 0.1) is 0 Å². The second kappa shape index (κ2) is 5.06. The molecule has 0 unspecified atom stereocenters. The molecule has 1 rings (SSSR count). The lowest BCUT2D eigenvalue weighted by molar-refractivity contribution is 0.514. The van der Waals surface area contributed by atoms with Crippen molar-refractivity contribution in [3.05, 3.63) is 6.26 Å². The first-order chi connectivity index (χ1) is 4.93. The summed E-state index contributed by atoms with van der Waals surface area (Å²) >= 11 is 1.77. The molecule has 0 bridgehead atoms. The van der Waals surface area contributed by atoms with Crippen molar-refractivity contribution >= 4 is 11.8 Å². The maximum atomic E-state index is 3.83. The standard InChI is InChI=1S/C9H17S/c1-10-8-9-6-4-2-3-5-7-9/h9H,1-8H2. The first-order valence-corrected chi connectivity index (χ1v) is 5.46. The van der Waals surface area contributed by atoms with Crippen LogP contribution in [0.25, 0.3) is 0 Å². The molecule has 0 heterocycles. The van der Waals surface area contributed by atoms with Crippen molar-refractivity contribution < 1.29 is 0 Å². The molecule has 0 aromatic heterocycles. The van der Waals surface area contributed by atoms with Crippen LogP contribution in [0.4, 0.5) is 0 Å². The maximum absolute atomic E-state index is 3.83. The zero-order chi connectivity index (χ0) is 7.23. The second-order valence-electron chi connectivity index (χ2n) is 3.23. The van der Waals surface area contributed by atoms with Gasteiger partial charge in [0.15, 0.2) is 0 Å². The van der Waals surface area contributed by atoms with Crippen molar-refractivity contribution in [3.63, 3.8) is 0 Å². The van der Waals surface area contributed by atoms with Gasteiger partial charge >= 0.3 is 0 Å². The summed E-state index contributed by atoms with van der Waals surface area (Å²) < 4.78 is 0. The molecule has 1 radical (unpaired) electrons. The lowest BCUT2D eigenvalue weighted by atomic mass is 10.0. The molecule has 0 aromatic carbocycles. The van der Waals surface area contributed by atoms with Crippen LogP contribution in [0.2, 0.25) is 0 Å². The van der Waals surface area contributed by atoms with Crippen LogP contribution < -0.4 is 0 Å². The van der Waals surface area contributed by atoms with Crippen LogP contribution in [0.5, 0.6) is 0 Å². The van der Waals surface area contributed by atoms with Crippen LogP contribution in [-0.2, 0) is 0 Å². The lowest BCUT2D eigenvalue weighted by Crippen LogP contribution is -2.00. The monoisotopic (exact) mass is 157 g/mol. The van der Waals surface area contributed by atoms with E-state index in [2.05, 4.69) is 6.26 Å². The largest absolute Gasteiger partial charge is 0.161 e. The summed E-state index contributed by atoms with van der Waals surface area (Å²) in [5.74, 6) is 2.28. The summed E-state index contributed by atoms with van der Waals surface area (Å²) in [6.45, 7) is 0. The van der Waals surface area contributed by atoms with Crippen molar-refractivity contribution in [2.24, 2.45) is 5.92 Å². The van der Waals surface area contributed by atoms with E-state index < -0.39 is 0 Å². The van der Waals surface area contributed by atoms with Crippen LogP contribution in [0, 0.1) is 12.2 Å². The quantitative estimate of drug-likeness (QED) is 0.553. The summed E-state index contributed by atoms with van der Waals surface area (Å²) in [7, 11) is 0. The Morgan fingerprint density at radius 1 is 1.10 bits per heavy atom. The van der Waals surface area contributed by atoms with Gasteiger partial charge in [-0.3, -0.25) is 0 Å². The average Bonchev–Trinajstić information content (AvgIpc) is 2.17. The third-order valence-electron chi connectivity index (χ3n) is 2.33. The van der Waals surface area contributed by atoms with E-state index in [0.29, 0.717) is 0 Å². The highest BCUT2D eigenvalue weighted by molar-refractivity contribution is 8.00. The van der Waals surface area contributed by atoms with E-state index in [-0.39, 0.29) is 0 Å². The molecule has 1 aliphatic carbocycles. The molecule has 0 saturated heterocycles. The molecule has 0 N–H and O–H groups in total. The highest BCUT2D eigenvalue weighted by Gasteiger charge is 2.10. The molecule has 1 saturated carbocycles. The van der Waals surface area contributed by atoms with Crippen LogP contribution in [0.15, 0.2) is 0 Å². The number of rotatable bonds is 2. The summed E-state index contributed by atoms with van der Waals surface area (Å²) in [5, 5.41) is 0. The predicted octanol–water partition coefficient (Wildman–Crippen LogP) is 3.48. The normalized spacial score (nSPS) is 22.5. The third kappa shape index (κ3) is 2.96. The fourth-order valence-electron chi connectivity index (χ4n) is 1.70. The molecule has 0 amide bonds. The van der Waals surface area contributed by atoms with Crippen molar-refractivity contribution in [1.82, 2.24) is 0 Å². The Labute approximate surface area is 68.8 Å². The van der Waals surface area contributed by atoms with E-state index in [9.17, 15) is 0 Å². The van der Waals surface area contributed by atoms with E-state index in [1.165, 1.54) is 44.3 Å². The van der Waals surface area contributed by atoms with Crippen molar-refractivity contribution in [2.75, 3.05) is 5.75 Å². The number of thioether (sulfide) groups is 1. The first-order valence-electron chi connectivity index (χ1n) is 4.30. The summed E-state index contributed by atoms with van der Waals surface area (Å²) in [4.78, 5) is 0. The minimum absolute atomic E-state index is 0.991. The molecular formula is C9H17S. The SMILES string of the molecule is [CH2]SCC1CCCCCC1. The van der Waals surface area contributed by atoms with Gasteiger partial charge in [-0.25, -0.2) is 0 Å². The highest BCUT2D eigenvalue weighted by Crippen LogP contribution is 2.25. The van der Waals surface area contributed by atoms with Gasteiger partial charge in [0, 0.05) is 6.26 Å². The Balaban J connectivity index is 2.15. The summed E-state index contributed by atoms with van der Waals surface area (Å²) in [5.41, 5.74) is 0. The summed E-state index contributed by atoms with van der Waals surface area (Å²) in [6, 6.07) is 0. The maximum Gasteiger partial charge on any atom is 0.00236 e. The Bertz CT molecular complexity index is 72.8. The van der Waals surface area contributed by atoms with Gasteiger partial charge in [0.1, 0.15) is 0 Å². The van der Waals surface area contributed by atoms with Gasteiger partial charge in [-0.15, -0.1) is 0 Å². The minimum Gasteiger partial charge on any atom is -0.161 e. The molecule has 0 spiro atoms. The smallest absolute Gasteiger partial charge is 0.00236 e. The van der Waals surface area contributed by atoms with Crippen molar-refractivity contribution in [2.45, 2.75) is 38.5 Å². The predicted molar refractivity (Wildman–Crippen MR) is 49.0 cm³/mol. The molecule has 0 atom stereocenters. The lowest BCUT2D eigenvalue weighted by Gasteiger charge is -2.10. The molecule has 0 aliphatic heterocycles. The molecule has 1 fully saturated rings. The van der Waals surface area contributed by atoms with Gasteiger partial charge in [-0.1, -0.05) is 25.7 Å². The minimum atomic E-state index is 0.991. The van der Waals surface area contributed by atoms with E-state index in [1.54, 1.807) is 11.8 Å². The molecule has 0 nitrogen and oxygen atoms in total. The van der Waals surface area contributed by atoms with Gasteiger partial charge < -0.3 is 0 Å². The van der Waals surface area contributed by atoms with E-state index >= 15 is 0 Å². The van der Waals surface area contributed by atoms with Crippen molar-refractivity contribution in [3.8, 4) is 0 Å². The summed E-state index contributed by atoms with van der Waals surface area (Å²) in [6.07, 6.45) is 12.6. The van der Waals surface area contributed by atoms with Crippen LogP contribution in [-0.4, -0.2) is 5.75 Å². The van der Waals surface area contributed by atoms with Crippen LogP contribution in [0.3, 0.4) is 0 Å². The van der Waals surface area contributed by atoms with Gasteiger partial charge in [-0.05, 0) is 24.5 Å². The highest BCUT2D eigenvalue weighted by atomic mass is 32.2. The van der Waals surface area contributed by atoms with E-state index in [4.69, 9.17) is 0 Å². The third-order valence-corrected chi connectivity index (χ3v) is 3.04. The Kier molecular flexibility index (Phi) is 4.27. The molecule has 59 valence electrons. The molecule has 0 aromatic rings. The fraction of sp³-hybridized carbons (Fsp3) is 0.889. The number of hydrogen-bond acceptors (Lipinski definition) is 1. The topological polar surface area (TPSA) is 0 Å². The van der Waals surface area contributed by atoms with E-state index in [0.717, 1.165) is 5.92 Å². The van der Waals surface area contributed by atoms with Crippen LogP contribution in [0.1, 0.15) is 38.5 Å². The first kappa shape index (κ1) is 8.45. The number of hydrogen-bond donors (Lipinski definition) is 0. The second-order valence-corrected chi connectivity index (χ2v) is 3.97. The van der Waals surface area contributed by atoms with Gasteiger partial charge in [0.2, 0.25) is 0 Å². The van der Waals surface area contributed by atoms with Crippen LogP contribution >= 0.6 is 11.8 Å². The Morgan fingerprint density at radius 2 is 1.70 bits per heavy atom. The van der Waals surface area contributed by atoms with Gasteiger partial charge in [-0.2, -0.15) is 11.8 Å². The zero-order valence-corrected chi connectivity index (χ0v) is 7.46. The average molecular weight is 157 g/mol. The Morgan fingerprint density at radius 3 is 2.20 bits per heavy atom. The van der Waals surface area contributed by atoms with Gasteiger partial charge in [0.25, 0.3) is 0 Å². The zero-order valence-electron chi connectivity index (χ0n) is 6.64.